The summed E-state index contributed by atoms with van der Waals surface area (Å²) in [4.78, 5) is 55.9. The molecule has 2 aliphatic heterocycles. The van der Waals surface area contributed by atoms with Gasteiger partial charge in [-0.3, -0.25) is 19.3 Å². The van der Waals surface area contributed by atoms with E-state index in [0.717, 1.165) is 4.90 Å². The highest BCUT2D eigenvalue weighted by atomic mass is 16.6. The molecule has 1 aromatic rings. The van der Waals surface area contributed by atoms with E-state index in [0.29, 0.717) is 32.4 Å². The highest BCUT2D eigenvalue weighted by Gasteiger charge is 2.92. The molecular formula is C38H50N2O11. The minimum absolute atomic E-state index is 0.0201. The Kier molecular flexibility index (Phi) is 8.11. The monoisotopic (exact) mass is 710 g/mol. The number of anilines is 1. The van der Waals surface area contributed by atoms with E-state index >= 15 is 0 Å². The van der Waals surface area contributed by atoms with Crippen molar-refractivity contribution in [2.24, 2.45) is 40.4 Å². The predicted octanol–water partition coefficient (Wildman–Crippen LogP) is 1.95. The Balaban J connectivity index is 1.24. The molecular weight excluding hydrogens is 660 g/mol. The highest BCUT2D eigenvalue weighted by molar-refractivity contribution is 6.22. The first-order chi connectivity index (χ1) is 24.3. The molecule has 2 heterocycles. The van der Waals surface area contributed by atoms with Gasteiger partial charge in [-0.1, -0.05) is 26.0 Å². The third-order valence-electron chi connectivity index (χ3n) is 14.6. The van der Waals surface area contributed by atoms with Crippen LogP contribution in [0.1, 0.15) is 63.2 Å². The summed E-state index contributed by atoms with van der Waals surface area (Å²) in [6, 6.07) is 5.95. The molecule has 2 amide bonds. The number of para-hydroxylation sites is 1. The van der Waals surface area contributed by atoms with E-state index in [-0.39, 0.29) is 60.5 Å². The molecule has 13 heteroatoms. The number of fused-ring (bicyclic) bond motifs is 2. The number of methoxy groups -OCH3 is 3. The molecule has 2 N–H and O–H groups in total. The number of piperidine rings is 1. The van der Waals surface area contributed by atoms with E-state index in [4.69, 9.17) is 23.7 Å². The van der Waals surface area contributed by atoms with Crippen LogP contribution < -0.4 is 4.90 Å². The number of aliphatic hydroxyl groups is 2. The maximum absolute atomic E-state index is 14.1. The van der Waals surface area contributed by atoms with Gasteiger partial charge in [-0.05, 0) is 43.9 Å². The van der Waals surface area contributed by atoms with Crippen molar-refractivity contribution >= 4 is 29.4 Å². The summed E-state index contributed by atoms with van der Waals surface area (Å²) in [6.07, 6.45) is -0.303. The molecule has 4 unspecified atom stereocenters. The number of carbonyl (C=O) groups is 4. The lowest BCUT2D eigenvalue weighted by molar-refractivity contribution is -0.319. The summed E-state index contributed by atoms with van der Waals surface area (Å²) >= 11 is 0. The van der Waals surface area contributed by atoms with Crippen molar-refractivity contribution in [3.05, 3.63) is 29.8 Å². The van der Waals surface area contributed by atoms with Gasteiger partial charge in [0, 0.05) is 82.1 Å². The number of amides is 2. The second-order valence-electron chi connectivity index (χ2n) is 16.3. The summed E-state index contributed by atoms with van der Waals surface area (Å²) in [5.41, 5.74) is -4.72. The number of hydrogen-bond donors (Lipinski definition) is 2. The SMILES string of the molecule is CCN1C[C@]2(COC(=O)c3ccccc3N3C(=O)C[C@@H](C)C3=O)CCC(OC)C34C1[C@](O)([C@@H](OC)[C@@H]32)[C@@]1(O)C[C@H](OC)[C@H]2C[C@@H]4C1[C@H]2OC(C)=O. The molecule has 51 heavy (non-hydrogen) atoms. The van der Waals surface area contributed by atoms with Crippen molar-refractivity contribution < 1.29 is 53.1 Å². The molecule has 5 aliphatic carbocycles. The lowest BCUT2D eigenvalue weighted by Crippen LogP contribution is -2.82. The Hall–Kier alpha value is -2.94. The largest absolute Gasteiger partial charge is 0.462 e. The first-order valence-corrected chi connectivity index (χ1v) is 18.4. The molecule has 1 spiro atoms. The van der Waals surface area contributed by atoms with Crippen molar-refractivity contribution in [1.29, 1.82) is 0 Å². The van der Waals surface area contributed by atoms with Gasteiger partial charge < -0.3 is 33.9 Å². The fourth-order valence-electron chi connectivity index (χ4n) is 13.2. The second-order valence-corrected chi connectivity index (χ2v) is 16.3. The van der Waals surface area contributed by atoms with Crippen LogP contribution in [0.2, 0.25) is 0 Å². The summed E-state index contributed by atoms with van der Waals surface area (Å²) < 4.78 is 31.1. The van der Waals surface area contributed by atoms with Gasteiger partial charge in [0.05, 0.1) is 42.2 Å². The van der Waals surface area contributed by atoms with E-state index in [9.17, 15) is 29.4 Å². The Morgan fingerprint density at radius 1 is 1.06 bits per heavy atom. The van der Waals surface area contributed by atoms with Gasteiger partial charge in [0.15, 0.2) is 0 Å². The number of ether oxygens (including phenoxy) is 5. The summed E-state index contributed by atoms with van der Waals surface area (Å²) in [5, 5.41) is 26.7. The second kappa shape index (κ2) is 11.8. The van der Waals surface area contributed by atoms with Gasteiger partial charge in [0.2, 0.25) is 11.8 Å². The van der Waals surface area contributed by atoms with Crippen LogP contribution in [0, 0.1) is 40.4 Å². The van der Waals surface area contributed by atoms with Gasteiger partial charge >= 0.3 is 11.9 Å². The van der Waals surface area contributed by atoms with E-state index in [2.05, 4.69) is 4.90 Å². The zero-order valence-corrected chi connectivity index (χ0v) is 30.2. The number of carbonyl (C=O) groups excluding carboxylic acids is 4. The maximum atomic E-state index is 14.1. The molecule has 7 bridgehead atoms. The van der Waals surface area contributed by atoms with Gasteiger partial charge in [-0.25, -0.2) is 9.69 Å². The van der Waals surface area contributed by atoms with Crippen LogP contribution in [0.25, 0.3) is 0 Å². The number of imide groups is 1. The third-order valence-corrected chi connectivity index (χ3v) is 14.6. The Morgan fingerprint density at radius 3 is 2.43 bits per heavy atom. The molecule has 0 radical (unpaired) electrons. The predicted molar refractivity (Wildman–Crippen MR) is 179 cm³/mol. The number of rotatable bonds is 9. The third kappa shape index (κ3) is 4.19. The molecule has 13 nitrogen and oxygen atoms in total. The Labute approximate surface area is 297 Å². The molecule has 0 aromatic heterocycles. The van der Waals surface area contributed by atoms with Crippen LogP contribution in [0.4, 0.5) is 5.69 Å². The molecule has 7 aliphatic rings. The van der Waals surface area contributed by atoms with Crippen LogP contribution in [-0.4, -0.2) is 122 Å². The van der Waals surface area contributed by atoms with Crippen LogP contribution in [-0.2, 0) is 38.1 Å². The minimum Gasteiger partial charge on any atom is -0.462 e. The van der Waals surface area contributed by atoms with E-state index in [1.165, 1.54) is 6.92 Å². The van der Waals surface area contributed by atoms with Crippen molar-refractivity contribution in [2.75, 3.05) is 45.9 Å². The molecule has 14 atom stereocenters. The summed E-state index contributed by atoms with van der Waals surface area (Å²) in [6.45, 7) is 6.10. The molecule has 8 rings (SSSR count). The lowest BCUT2D eigenvalue weighted by Gasteiger charge is -2.70. The van der Waals surface area contributed by atoms with Crippen LogP contribution in [0.3, 0.4) is 0 Å². The summed E-state index contributed by atoms with van der Waals surface area (Å²) in [5.74, 6) is -3.74. The fourth-order valence-corrected chi connectivity index (χ4v) is 13.2. The number of esters is 2. The van der Waals surface area contributed by atoms with E-state index < -0.39 is 76.1 Å². The van der Waals surface area contributed by atoms with Crippen LogP contribution in [0.5, 0.6) is 0 Å². The van der Waals surface area contributed by atoms with Gasteiger partial charge in [-0.15, -0.1) is 0 Å². The highest BCUT2D eigenvalue weighted by Crippen LogP contribution is 2.80. The van der Waals surface area contributed by atoms with Gasteiger partial charge in [0.25, 0.3) is 0 Å². The topological polar surface area (TPSA) is 161 Å². The van der Waals surface area contributed by atoms with Crippen molar-refractivity contribution in [2.45, 2.75) is 94.5 Å². The number of hydrogen-bond acceptors (Lipinski definition) is 12. The Morgan fingerprint density at radius 2 is 1.80 bits per heavy atom. The number of nitrogens with zero attached hydrogens (tertiary/aromatic N) is 2. The quantitative estimate of drug-likeness (QED) is 0.284. The van der Waals surface area contributed by atoms with E-state index in [1.807, 2.05) is 6.92 Å². The standard InChI is InChI=1S/C38H50N2O11/c1-7-39-17-35(18-50-33(44)21-10-8-9-11-24(21)40-27(42)14-19(2)32(40)43)13-12-26(48-5)37-23-15-22-25(47-4)16-36(45,28(23)29(22)51-20(3)41)38(46,34(37)39)31(49-6)30(35)37/h8-11,19,22-23,25-26,28-31,34,45-46H,7,12-18H2,1-6H3/t19-,22-,23-,25+,26?,28?,29+,30-,31+,34?,35+,36-,37?,38-/m1/s1. The summed E-state index contributed by atoms with van der Waals surface area (Å²) in [7, 11) is 4.85. The molecule has 278 valence electrons. The van der Waals surface area contributed by atoms with Gasteiger partial charge in [0.1, 0.15) is 17.3 Å². The molecule has 2 saturated heterocycles. The fraction of sp³-hybridized carbons (Fsp3) is 0.737. The van der Waals surface area contributed by atoms with Crippen molar-refractivity contribution in [3.8, 4) is 0 Å². The first-order valence-electron chi connectivity index (χ1n) is 18.4. The molecule has 7 fully saturated rings. The molecule has 5 saturated carbocycles. The maximum Gasteiger partial charge on any atom is 0.340 e. The number of likely N-dealkylation sites (tertiary alicyclic amines) is 1. The number of benzene rings is 1. The normalized spacial score (nSPS) is 46.4. The minimum atomic E-state index is -1.82. The number of likely N-dealkylation sites (N-methyl/N-ethyl adjacent to an activating group) is 1. The zero-order valence-electron chi connectivity index (χ0n) is 30.2. The van der Waals surface area contributed by atoms with E-state index in [1.54, 1.807) is 52.5 Å². The van der Waals surface area contributed by atoms with Gasteiger partial charge in [-0.2, -0.15) is 0 Å². The Bertz CT molecular complexity index is 1650. The lowest BCUT2D eigenvalue weighted by atomic mass is 9.42. The van der Waals surface area contributed by atoms with Crippen molar-refractivity contribution in [1.82, 2.24) is 4.90 Å². The first kappa shape index (κ1) is 35.1. The smallest absolute Gasteiger partial charge is 0.340 e. The van der Waals surface area contributed by atoms with Crippen molar-refractivity contribution in [3.63, 3.8) is 0 Å². The van der Waals surface area contributed by atoms with Crippen LogP contribution in [0.15, 0.2) is 24.3 Å². The molecule has 1 aromatic carbocycles. The average Bonchev–Trinajstić information content (AvgIpc) is 3.61. The average molecular weight is 711 g/mol. The zero-order chi connectivity index (χ0) is 36.4. The van der Waals surface area contributed by atoms with Crippen LogP contribution >= 0.6 is 0 Å².